The first-order valence-corrected chi connectivity index (χ1v) is 7.67. The average Bonchev–Trinajstić information content (AvgIpc) is 2.37. The van der Waals surface area contributed by atoms with E-state index in [4.69, 9.17) is 33.7 Å². The Morgan fingerprint density at radius 1 is 1.15 bits per heavy atom. The van der Waals surface area contributed by atoms with Crippen LogP contribution in [0.25, 0.3) is 0 Å². The van der Waals surface area contributed by atoms with Crippen LogP contribution in [0.15, 0.2) is 40.9 Å². The van der Waals surface area contributed by atoms with Gasteiger partial charge in [-0.1, -0.05) is 45.2 Å². The highest BCUT2D eigenvalue weighted by atomic mass is 79.9. The Hall–Kier alpha value is -0.740. The smallest absolute Gasteiger partial charge is 0.147 e. The Labute approximate surface area is 137 Å². The SMILES string of the molecule is CC(N)Cc1ccc(Cl)cc1Oc1cc(Br)ccc1Cl. The van der Waals surface area contributed by atoms with E-state index in [9.17, 15) is 0 Å². The summed E-state index contributed by atoms with van der Waals surface area (Å²) in [5.74, 6) is 1.25. The number of nitrogens with two attached hydrogens (primary N) is 1. The third-order valence-electron chi connectivity index (χ3n) is 2.68. The van der Waals surface area contributed by atoms with Crippen LogP contribution in [0.1, 0.15) is 12.5 Å². The molecule has 2 N–H and O–H groups in total. The molecule has 0 aliphatic carbocycles. The van der Waals surface area contributed by atoms with E-state index in [0.717, 1.165) is 10.0 Å². The van der Waals surface area contributed by atoms with Crippen LogP contribution in [-0.4, -0.2) is 6.04 Å². The minimum absolute atomic E-state index is 0.0384. The molecule has 0 saturated heterocycles. The Bertz CT molecular complexity index is 617. The highest BCUT2D eigenvalue weighted by Crippen LogP contribution is 2.35. The van der Waals surface area contributed by atoms with Gasteiger partial charge in [0, 0.05) is 15.5 Å². The molecule has 2 nitrogen and oxygen atoms in total. The normalized spacial score (nSPS) is 12.2. The number of hydrogen-bond acceptors (Lipinski definition) is 2. The van der Waals surface area contributed by atoms with E-state index in [0.29, 0.717) is 28.0 Å². The minimum atomic E-state index is 0.0384. The van der Waals surface area contributed by atoms with Crippen LogP contribution >= 0.6 is 39.1 Å². The number of ether oxygens (including phenoxy) is 1. The Morgan fingerprint density at radius 3 is 2.60 bits per heavy atom. The van der Waals surface area contributed by atoms with Crippen LogP contribution in [0, 0.1) is 0 Å². The molecule has 0 aliphatic heterocycles. The monoisotopic (exact) mass is 373 g/mol. The molecule has 20 heavy (non-hydrogen) atoms. The molecule has 0 fully saturated rings. The molecule has 0 bridgehead atoms. The molecule has 0 amide bonds. The maximum absolute atomic E-state index is 6.14. The van der Waals surface area contributed by atoms with Gasteiger partial charge in [-0.3, -0.25) is 0 Å². The molecule has 0 spiro atoms. The topological polar surface area (TPSA) is 35.2 Å². The highest BCUT2D eigenvalue weighted by molar-refractivity contribution is 9.10. The fraction of sp³-hybridized carbons (Fsp3) is 0.200. The molecular formula is C15H14BrCl2NO. The van der Waals surface area contributed by atoms with E-state index in [1.165, 1.54) is 0 Å². The summed E-state index contributed by atoms with van der Waals surface area (Å²) in [6.45, 7) is 1.95. The zero-order valence-electron chi connectivity index (χ0n) is 10.9. The molecule has 2 aromatic rings. The van der Waals surface area contributed by atoms with Gasteiger partial charge < -0.3 is 10.5 Å². The van der Waals surface area contributed by atoms with Gasteiger partial charge in [0.15, 0.2) is 0 Å². The van der Waals surface area contributed by atoms with Crippen molar-refractivity contribution < 1.29 is 4.74 Å². The molecule has 106 valence electrons. The van der Waals surface area contributed by atoms with Gasteiger partial charge >= 0.3 is 0 Å². The van der Waals surface area contributed by atoms with Gasteiger partial charge in [0.25, 0.3) is 0 Å². The predicted octanol–water partition coefficient (Wildman–Crippen LogP) is 5.44. The number of hydrogen-bond donors (Lipinski definition) is 1. The number of benzene rings is 2. The van der Waals surface area contributed by atoms with Gasteiger partial charge in [-0.25, -0.2) is 0 Å². The lowest BCUT2D eigenvalue weighted by atomic mass is 10.1. The summed E-state index contributed by atoms with van der Waals surface area (Å²) >= 11 is 15.6. The second kappa shape index (κ2) is 6.81. The van der Waals surface area contributed by atoms with Gasteiger partial charge in [-0.05, 0) is 49.2 Å². The highest BCUT2D eigenvalue weighted by Gasteiger charge is 2.10. The Kier molecular flexibility index (Phi) is 5.33. The maximum atomic E-state index is 6.14. The van der Waals surface area contributed by atoms with E-state index in [2.05, 4.69) is 15.9 Å². The molecule has 0 heterocycles. The third kappa shape index (κ3) is 4.13. The molecule has 0 aliphatic rings. The lowest BCUT2D eigenvalue weighted by Crippen LogP contribution is -2.18. The van der Waals surface area contributed by atoms with E-state index < -0.39 is 0 Å². The second-order valence-electron chi connectivity index (χ2n) is 4.61. The molecular weight excluding hydrogens is 361 g/mol. The van der Waals surface area contributed by atoms with Crippen LogP contribution in [0.2, 0.25) is 10.0 Å². The summed E-state index contributed by atoms with van der Waals surface area (Å²) in [6.07, 6.45) is 0.706. The number of rotatable bonds is 4. The van der Waals surface area contributed by atoms with Crippen molar-refractivity contribution in [2.75, 3.05) is 0 Å². The van der Waals surface area contributed by atoms with E-state index in [-0.39, 0.29) is 6.04 Å². The number of halogens is 3. The standard InChI is InChI=1S/C15H14BrCl2NO/c1-9(19)6-10-2-4-12(17)8-14(10)20-15-7-11(16)3-5-13(15)18/h2-5,7-9H,6,19H2,1H3. The zero-order chi connectivity index (χ0) is 14.7. The van der Waals surface area contributed by atoms with Crippen LogP contribution in [0.3, 0.4) is 0 Å². The lowest BCUT2D eigenvalue weighted by Gasteiger charge is -2.14. The van der Waals surface area contributed by atoms with Crippen molar-refractivity contribution in [2.45, 2.75) is 19.4 Å². The lowest BCUT2D eigenvalue weighted by molar-refractivity contribution is 0.474. The van der Waals surface area contributed by atoms with Crippen molar-refractivity contribution in [3.8, 4) is 11.5 Å². The molecule has 1 atom stereocenters. The minimum Gasteiger partial charge on any atom is -0.455 e. The fourth-order valence-corrected chi connectivity index (χ4v) is 2.47. The van der Waals surface area contributed by atoms with Crippen molar-refractivity contribution in [3.05, 3.63) is 56.5 Å². The summed E-state index contributed by atoms with van der Waals surface area (Å²) in [6, 6.07) is 11.0. The van der Waals surface area contributed by atoms with Crippen LogP contribution in [-0.2, 0) is 6.42 Å². The Balaban J connectivity index is 2.36. The van der Waals surface area contributed by atoms with Gasteiger partial charge in [0.05, 0.1) is 5.02 Å². The molecule has 0 aromatic heterocycles. The molecule has 5 heteroatoms. The van der Waals surface area contributed by atoms with Gasteiger partial charge in [0.1, 0.15) is 11.5 Å². The van der Waals surface area contributed by atoms with E-state index >= 15 is 0 Å². The molecule has 0 saturated carbocycles. The zero-order valence-corrected chi connectivity index (χ0v) is 14.0. The maximum Gasteiger partial charge on any atom is 0.147 e. The van der Waals surface area contributed by atoms with Crippen LogP contribution in [0.5, 0.6) is 11.5 Å². The first-order chi connectivity index (χ1) is 9.45. The molecule has 1 unspecified atom stereocenters. The molecule has 0 radical (unpaired) electrons. The summed E-state index contributed by atoms with van der Waals surface area (Å²) in [5, 5.41) is 1.15. The summed E-state index contributed by atoms with van der Waals surface area (Å²) < 4.78 is 6.80. The third-order valence-corrected chi connectivity index (χ3v) is 3.72. The van der Waals surface area contributed by atoms with E-state index in [1.54, 1.807) is 12.1 Å². The largest absolute Gasteiger partial charge is 0.455 e. The van der Waals surface area contributed by atoms with Crippen molar-refractivity contribution in [1.29, 1.82) is 0 Å². The van der Waals surface area contributed by atoms with Crippen molar-refractivity contribution in [3.63, 3.8) is 0 Å². The van der Waals surface area contributed by atoms with Gasteiger partial charge in [-0.15, -0.1) is 0 Å². The second-order valence-corrected chi connectivity index (χ2v) is 6.37. The van der Waals surface area contributed by atoms with Crippen molar-refractivity contribution in [2.24, 2.45) is 5.73 Å². The Morgan fingerprint density at radius 2 is 1.90 bits per heavy atom. The molecule has 2 rings (SSSR count). The fourth-order valence-electron chi connectivity index (χ4n) is 1.81. The average molecular weight is 375 g/mol. The first-order valence-electron chi connectivity index (χ1n) is 6.12. The van der Waals surface area contributed by atoms with Gasteiger partial charge in [-0.2, -0.15) is 0 Å². The summed E-state index contributed by atoms with van der Waals surface area (Å²) in [5.41, 5.74) is 6.86. The summed E-state index contributed by atoms with van der Waals surface area (Å²) in [7, 11) is 0. The van der Waals surface area contributed by atoms with Crippen LogP contribution in [0.4, 0.5) is 0 Å². The van der Waals surface area contributed by atoms with Crippen molar-refractivity contribution in [1.82, 2.24) is 0 Å². The quantitative estimate of drug-likeness (QED) is 0.773. The first kappa shape index (κ1) is 15.6. The van der Waals surface area contributed by atoms with Crippen molar-refractivity contribution >= 4 is 39.1 Å². The van der Waals surface area contributed by atoms with E-state index in [1.807, 2.05) is 31.2 Å². The molecule has 2 aromatic carbocycles. The van der Waals surface area contributed by atoms with Gasteiger partial charge in [0.2, 0.25) is 0 Å². The summed E-state index contributed by atoms with van der Waals surface area (Å²) in [4.78, 5) is 0. The van der Waals surface area contributed by atoms with Crippen LogP contribution < -0.4 is 10.5 Å². The predicted molar refractivity (Wildman–Crippen MR) is 88.0 cm³/mol.